The van der Waals surface area contributed by atoms with Gasteiger partial charge in [-0.3, -0.25) is 4.79 Å². The van der Waals surface area contributed by atoms with Crippen molar-refractivity contribution in [1.82, 2.24) is 9.55 Å². The predicted molar refractivity (Wildman–Crippen MR) is 72.4 cm³/mol. The number of imidazole rings is 1. The molecule has 2 atom stereocenters. The van der Waals surface area contributed by atoms with Gasteiger partial charge in [0.05, 0.1) is 10.9 Å². The van der Waals surface area contributed by atoms with Crippen LogP contribution >= 0.6 is 11.6 Å². The van der Waals surface area contributed by atoms with E-state index in [1.807, 2.05) is 0 Å². The van der Waals surface area contributed by atoms with Crippen molar-refractivity contribution in [1.29, 1.82) is 0 Å². The van der Waals surface area contributed by atoms with Crippen LogP contribution in [0.2, 0.25) is 0 Å². The minimum atomic E-state index is -0.761. The average Bonchev–Trinajstić information content (AvgIpc) is 2.67. The van der Waals surface area contributed by atoms with Crippen molar-refractivity contribution in [3.8, 4) is 0 Å². The summed E-state index contributed by atoms with van der Waals surface area (Å²) in [6.45, 7) is 3.39. The van der Waals surface area contributed by atoms with Crippen molar-refractivity contribution < 1.29 is 13.6 Å². The molecule has 0 radical (unpaired) electrons. The van der Waals surface area contributed by atoms with E-state index in [4.69, 9.17) is 17.3 Å². The summed E-state index contributed by atoms with van der Waals surface area (Å²) in [6, 6.07) is 1.54. The molecule has 0 aliphatic carbocycles. The fraction of sp³-hybridized carbons (Fsp3) is 0.385. The van der Waals surface area contributed by atoms with Gasteiger partial charge in [0.2, 0.25) is 5.91 Å². The molecule has 1 aromatic heterocycles. The molecule has 0 saturated heterocycles. The fourth-order valence-corrected chi connectivity index (χ4v) is 2.42. The van der Waals surface area contributed by atoms with Crippen molar-refractivity contribution in [3.63, 3.8) is 0 Å². The number of amides is 1. The van der Waals surface area contributed by atoms with Gasteiger partial charge in [-0.2, -0.15) is 0 Å². The summed E-state index contributed by atoms with van der Waals surface area (Å²) in [7, 11) is 0. The van der Waals surface area contributed by atoms with E-state index in [1.165, 1.54) is 6.07 Å². The van der Waals surface area contributed by atoms with Gasteiger partial charge in [0.1, 0.15) is 17.2 Å². The highest BCUT2D eigenvalue weighted by Gasteiger charge is 2.22. The summed E-state index contributed by atoms with van der Waals surface area (Å²) in [5.74, 6) is -1.61. The van der Waals surface area contributed by atoms with Crippen LogP contribution in [0.4, 0.5) is 8.78 Å². The molecule has 1 amide bonds. The van der Waals surface area contributed by atoms with Gasteiger partial charge in [-0.1, -0.05) is 0 Å². The number of halogens is 3. The number of nitrogens with two attached hydrogens (primary N) is 1. The van der Waals surface area contributed by atoms with Crippen LogP contribution in [0.5, 0.6) is 0 Å². The van der Waals surface area contributed by atoms with E-state index in [0.717, 1.165) is 6.07 Å². The summed E-state index contributed by atoms with van der Waals surface area (Å²) in [5.41, 5.74) is 5.47. The van der Waals surface area contributed by atoms with E-state index < -0.39 is 29.0 Å². The second-order valence-corrected chi connectivity index (χ2v) is 5.39. The Kier molecular flexibility index (Phi) is 3.94. The molecule has 4 nitrogen and oxygen atoms in total. The van der Waals surface area contributed by atoms with Crippen molar-refractivity contribution in [2.45, 2.75) is 31.7 Å². The molecule has 7 heteroatoms. The molecule has 0 spiro atoms. The molecular weight excluding hydrogens is 288 g/mol. The summed E-state index contributed by atoms with van der Waals surface area (Å²) < 4.78 is 28.7. The summed E-state index contributed by atoms with van der Waals surface area (Å²) in [5, 5.41) is -0.514. The maximum absolute atomic E-state index is 13.8. The molecule has 2 rings (SSSR count). The lowest BCUT2D eigenvalue weighted by molar-refractivity contribution is -0.118. The number of rotatable bonds is 4. The second kappa shape index (κ2) is 5.36. The molecule has 2 unspecified atom stereocenters. The Balaban J connectivity index is 2.71. The first-order valence-electron chi connectivity index (χ1n) is 6.10. The lowest BCUT2D eigenvalue weighted by Crippen LogP contribution is -2.19. The summed E-state index contributed by atoms with van der Waals surface area (Å²) in [6.07, 6.45) is 0.0280. The first-order valence-corrected chi connectivity index (χ1v) is 6.54. The fourth-order valence-electron chi connectivity index (χ4n) is 2.26. The average molecular weight is 302 g/mol. The van der Waals surface area contributed by atoms with Gasteiger partial charge in [-0.05, 0) is 19.9 Å². The number of benzene rings is 1. The maximum Gasteiger partial charge on any atom is 0.219 e. The highest BCUT2D eigenvalue weighted by atomic mass is 35.5. The lowest BCUT2D eigenvalue weighted by atomic mass is 10.2. The van der Waals surface area contributed by atoms with Crippen LogP contribution in [-0.2, 0) is 4.79 Å². The SMILES string of the molecule is CC(Cl)c1nc2c(F)cc(F)cc2n1C(C)CC(N)=O. The molecule has 1 aromatic carbocycles. The lowest BCUT2D eigenvalue weighted by Gasteiger charge is -2.17. The first-order chi connectivity index (χ1) is 9.31. The van der Waals surface area contributed by atoms with E-state index >= 15 is 0 Å². The van der Waals surface area contributed by atoms with E-state index in [1.54, 1.807) is 18.4 Å². The van der Waals surface area contributed by atoms with Crippen molar-refractivity contribution in [2.24, 2.45) is 5.73 Å². The van der Waals surface area contributed by atoms with Crippen LogP contribution in [0.25, 0.3) is 11.0 Å². The zero-order chi connectivity index (χ0) is 15.0. The van der Waals surface area contributed by atoms with Gasteiger partial charge in [0, 0.05) is 18.5 Å². The molecule has 0 saturated carbocycles. The Bertz CT molecular complexity index is 669. The zero-order valence-electron chi connectivity index (χ0n) is 11.0. The van der Waals surface area contributed by atoms with E-state index in [-0.39, 0.29) is 17.5 Å². The third-order valence-electron chi connectivity index (χ3n) is 3.03. The molecule has 0 aliphatic rings. The quantitative estimate of drug-likeness (QED) is 0.882. The summed E-state index contributed by atoms with van der Waals surface area (Å²) in [4.78, 5) is 15.2. The Labute approximate surface area is 119 Å². The van der Waals surface area contributed by atoms with Crippen LogP contribution in [0.15, 0.2) is 12.1 Å². The predicted octanol–water partition coefficient (Wildman–Crippen LogP) is 3.05. The number of primary amides is 1. The normalized spacial score (nSPS) is 14.4. The van der Waals surface area contributed by atoms with Crippen LogP contribution in [0, 0.1) is 11.6 Å². The Hall–Kier alpha value is -1.69. The number of hydrogen-bond donors (Lipinski definition) is 1. The van der Waals surface area contributed by atoms with Crippen LogP contribution in [0.1, 0.15) is 37.5 Å². The molecular formula is C13H14ClF2N3O. The Morgan fingerprint density at radius 1 is 1.45 bits per heavy atom. The number of alkyl halides is 1. The Morgan fingerprint density at radius 2 is 2.10 bits per heavy atom. The van der Waals surface area contributed by atoms with Gasteiger partial charge >= 0.3 is 0 Å². The smallest absolute Gasteiger partial charge is 0.219 e. The van der Waals surface area contributed by atoms with E-state index in [2.05, 4.69) is 4.98 Å². The van der Waals surface area contributed by atoms with Gasteiger partial charge in [0.15, 0.2) is 5.82 Å². The minimum Gasteiger partial charge on any atom is -0.370 e. The molecule has 1 heterocycles. The molecule has 2 N–H and O–H groups in total. The molecule has 2 aromatic rings. The molecule has 20 heavy (non-hydrogen) atoms. The number of fused-ring (bicyclic) bond motifs is 1. The number of carbonyl (C=O) groups is 1. The molecule has 0 bridgehead atoms. The van der Waals surface area contributed by atoms with Crippen molar-refractivity contribution in [3.05, 3.63) is 29.6 Å². The highest BCUT2D eigenvalue weighted by Crippen LogP contribution is 2.30. The number of hydrogen-bond acceptors (Lipinski definition) is 2. The van der Waals surface area contributed by atoms with Gasteiger partial charge in [-0.25, -0.2) is 13.8 Å². The minimum absolute atomic E-state index is 0.0280. The van der Waals surface area contributed by atoms with Crippen LogP contribution in [0.3, 0.4) is 0 Å². The van der Waals surface area contributed by atoms with Crippen molar-refractivity contribution in [2.75, 3.05) is 0 Å². The van der Waals surface area contributed by atoms with Gasteiger partial charge in [-0.15, -0.1) is 11.6 Å². The van der Waals surface area contributed by atoms with Gasteiger partial charge < -0.3 is 10.3 Å². The van der Waals surface area contributed by atoms with Crippen LogP contribution < -0.4 is 5.73 Å². The van der Waals surface area contributed by atoms with E-state index in [9.17, 15) is 13.6 Å². The van der Waals surface area contributed by atoms with Gasteiger partial charge in [0.25, 0.3) is 0 Å². The Morgan fingerprint density at radius 3 is 2.65 bits per heavy atom. The highest BCUT2D eigenvalue weighted by molar-refractivity contribution is 6.20. The third kappa shape index (κ3) is 2.60. The standard InChI is InChI=1S/C13H14ClF2N3O/c1-6(3-11(17)20)19-10-5-8(15)4-9(16)12(10)18-13(19)7(2)14/h4-7H,3H2,1-2H3,(H2,17,20). The molecule has 0 aliphatic heterocycles. The second-order valence-electron chi connectivity index (χ2n) is 4.73. The molecule has 108 valence electrons. The number of aromatic nitrogens is 2. The zero-order valence-corrected chi connectivity index (χ0v) is 11.8. The number of nitrogens with zero attached hydrogens (tertiary/aromatic N) is 2. The third-order valence-corrected chi connectivity index (χ3v) is 3.23. The largest absolute Gasteiger partial charge is 0.370 e. The number of carbonyl (C=O) groups excluding carboxylic acids is 1. The monoisotopic (exact) mass is 301 g/mol. The van der Waals surface area contributed by atoms with Crippen molar-refractivity contribution >= 4 is 28.5 Å². The first kappa shape index (κ1) is 14.7. The van der Waals surface area contributed by atoms with E-state index in [0.29, 0.717) is 5.82 Å². The van der Waals surface area contributed by atoms with Crippen LogP contribution in [-0.4, -0.2) is 15.5 Å². The topological polar surface area (TPSA) is 60.9 Å². The summed E-state index contributed by atoms with van der Waals surface area (Å²) >= 11 is 6.04. The molecule has 0 fully saturated rings. The maximum atomic E-state index is 13.8.